The van der Waals surface area contributed by atoms with Gasteiger partial charge in [-0.2, -0.15) is 0 Å². The molecular weight excluding hydrogens is 332 g/mol. The first-order valence-corrected chi connectivity index (χ1v) is 10.3. The number of carbonyl (C=O) groups is 2. The number of esters is 1. The topological polar surface area (TPSA) is 61.8 Å². The molecule has 5 nitrogen and oxygen atoms in total. The molecule has 3 aliphatic heterocycles. The molecule has 0 amide bonds. The Morgan fingerprint density at radius 2 is 2.00 bits per heavy atom. The summed E-state index contributed by atoms with van der Waals surface area (Å²) in [5.41, 5.74) is -0.355. The first kappa shape index (κ1) is 18.4. The van der Waals surface area contributed by atoms with Crippen LogP contribution in [0.1, 0.15) is 59.8 Å². The molecule has 3 heterocycles. The Kier molecular flexibility index (Phi) is 4.67. The molecule has 4 fully saturated rings. The highest BCUT2D eigenvalue weighted by Crippen LogP contribution is 2.57. The van der Waals surface area contributed by atoms with Crippen LogP contribution >= 0.6 is 0 Å². The molecule has 5 heteroatoms. The van der Waals surface area contributed by atoms with Gasteiger partial charge in [-0.15, -0.1) is 0 Å². The Balaban J connectivity index is 1.78. The van der Waals surface area contributed by atoms with Crippen molar-refractivity contribution in [1.29, 1.82) is 0 Å². The molecule has 146 valence electrons. The predicted molar refractivity (Wildman–Crippen MR) is 95.5 cm³/mol. The van der Waals surface area contributed by atoms with E-state index < -0.39 is 0 Å². The monoisotopic (exact) mass is 364 g/mol. The number of hydrogen-bond acceptors (Lipinski definition) is 5. The zero-order chi connectivity index (χ0) is 18.6. The molecule has 4 aliphatic rings. The van der Waals surface area contributed by atoms with Crippen molar-refractivity contribution < 1.29 is 23.8 Å². The molecule has 2 bridgehead atoms. The van der Waals surface area contributed by atoms with Gasteiger partial charge in [0.05, 0.1) is 24.4 Å². The van der Waals surface area contributed by atoms with E-state index in [-0.39, 0.29) is 47.5 Å². The van der Waals surface area contributed by atoms with Crippen LogP contribution in [0.3, 0.4) is 0 Å². The van der Waals surface area contributed by atoms with Gasteiger partial charge >= 0.3 is 5.97 Å². The summed E-state index contributed by atoms with van der Waals surface area (Å²) in [4.78, 5) is 24.3. The summed E-state index contributed by atoms with van der Waals surface area (Å²) in [6.07, 6.45) is 3.46. The van der Waals surface area contributed by atoms with Crippen LogP contribution in [-0.4, -0.2) is 42.3 Å². The molecule has 4 rings (SSSR count). The van der Waals surface area contributed by atoms with E-state index in [0.29, 0.717) is 30.6 Å². The lowest BCUT2D eigenvalue weighted by molar-refractivity contribution is -0.160. The smallest absolute Gasteiger partial charge is 0.302 e. The highest BCUT2D eigenvalue weighted by atomic mass is 16.6. The van der Waals surface area contributed by atoms with E-state index in [1.54, 1.807) is 0 Å². The van der Waals surface area contributed by atoms with Crippen LogP contribution in [0.4, 0.5) is 0 Å². The number of ketones is 1. The fourth-order valence-corrected chi connectivity index (χ4v) is 6.30. The van der Waals surface area contributed by atoms with Crippen molar-refractivity contribution in [2.24, 2.45) is 29.6 Å². The maximum absolute atomic E-state index is 12.5. The van der Waals surface area contributed by atoms with Gasteiger partial charge in [-0.05, 0) is 49.9 Å². The van der Waals surface area contributed by atoms with E-state index in [1.807, 2.05) is 0 Å². The summed E-state index contributed by atoms with van der Waals surface area (Å²) in [7, 11) is 0. The third-order valence-electron chi connectivity index (χ3n) is 7.49. The molecule has 9 atom stereocenters. The summed E-state index contributed by atoms with van der Waals surface area (Å²) < 4.78 is 18.9. The van der Waals surface area contributed by atoms with E-state index in [2.05, 4.69) is 20.8 Å². The molecule has 0 spiro atoms. The van der Waals surface area contributed by atoms with Crippen molar-refractivity contribution in [2.45, 2.75) is 83.7 Å². The van der Waals surface area contributed by atoms with Crippen LogP contribution in [0.2, 0.25) is 0 Å². The van der Waals surface area contributed by atoms with E-state index >= 15 is 0 Å². The number of carbonyl (C=O) groups excluding carboxylic acids is 2. The van der Waals surface area contributed by atoms with Crippen LogP contribution in [0, 0.1) is 29.6 Å². The van der Waals surface area contributed by atoms with E-state index in [1.165, 1.54) is 6.92 Å². The van der Waals surface area contributed by atoms with Crippen LogP contribution in [0.25, 0.3) is 0 Å². The Bertz CT molecular complexity index is 589. The lowest BCUT2D eigenvalue weighted by Gasteiger charge is -2.46. The lowest BCUT2D eigenvalue weighted by Crippen LogP contribution is -2.52. The average Bonchev–Trinajstić information content (AvgIpc) is 2.92. The van der Waals surface area contributed by atoms with Gasteiger partial charge in [-0.1, -0.05) is 13.8 Å². The first-order chi connectivity index (χ1) is 12.3. The zero-order valence-corrected chi connectivity index (χ0v) is 16.4. The molecule has 0 radical (unpaired) electrons. The molecule has 0 aromatic rings. The average molecular weight is 364 g/mol. The molecule has 0 N–H and O–H groups in total. The van der Waals surface area contributed by atoms with Gasteiger partial charge in [0.25, 0.3) is 0 Å². The van der Waals surface area contributed by atoms with Crippen LogP contribution < -0.4 is 0 Å². The molecule has 3 saturated heterocycles. The molecule has 26 heavy (non-hydrogen) atoms. The maximum atomic E-state index is 12.5. The van der Waals surface area contributed by atoms with E-state index in [0.717, 1.165) is 25.9 Å². The van der Waals surface area contributed by atoms with Crippen molar-refractivity contribution in [2.75, 3.05) is 6.61 Å². The Morgan fingerprint density at radius 1 is 1.23 bits per heavy atom. The van der Waals surface area contributed by atoms with Crippen LogP contribution in [-0.2, 0) is 23.8 Å². The molecule has 1 aliphatic carbocycles. The van der Waals surface area contributed by atoms with E-state index in [9.17, 15) is 9.59 Å². The fourth-order valence-electron chi connectivity index (χ4n) is 6.30. The lowest BCUT2D eigenvalue weighted by atomic mass is 9.59. The summed E-state index contributed by atoms with van der Waals surface area (Å²) in [6.45, 7) is 8.86. The third kappa shape index (κ3) is 2.91. The molecule has 0 aromatic heterocycles. The van der Waals surface area contributed by atoms with Gasteiger partial charge in [-0.3, -0.25) is 9.59 Å². The standard InChI is InChI=1S/C21H32O5/c1-11-8-15-12(2)10-24-21(4)7-5-6-14(23)9-16-18(17(15)20(21)26-16)19(11)25-13(3)22/h11-12,15-20H,5-10H2,1-4H3/t11-,12+,15+,16+,17+,18-,19-,20+,21+/m1/s1. The minimum absolute atomic E-state index is 0.0103. The van der Waals surface area contributed by atoms with Gasteiger partial charge in [0.15, 0.2) is 0 Å². The van der Waals surface area contributed by atoms with Gasteiger partial charge in [-0.25, -0.2) is 0 Å². The van der Waals surface area contributed by atoms with E-state index in [4.69, 9.17) is 14.2 Å². The normalized spacial score (nSPS) is 51.0. The zero-order valence-electron chi connectivity index (χ0n) is 16.4. The van der Waals surface area contributed by atoms with Crippen molar-refractivity contribution in [3.8, 4) is 0 Å². The number of fused-ring (bicyclic) bond motifs is 2. The number of rotatable bonds is 1. The Labute approximate surface area is 156 Å². The number of ether oxygens (including phenoxy) is 3. The molecule has 0 aromatic carbocycles. The first-order valence-electron chi connectivity index (χ1n) is 10.3. The minimum Gasteiger partial charge on any atom is -0.462 e. The quantitative estimate of drug-likeness (QED) is 0.669. The summed E-state index contributed by atoms with van der Waals surface area (Å²) in [5.74, 6) is 1.65. The van der Waals surface area contributed by atoms with Crippen molar-refractivity contribution in [3.05, 3.63) is 0 Å². The largest absolute Gasteiger partial charge is 0.462 e. The van der Waals surface area contributed by atoms with Crippen molar-refractivity contribution in [3.63, 3.8) is 0 Å². The van der Waals surface area contributed by atoms with Crippen LogP contribution in [0.5, 0.6) is 0 Å². The molecule has 1 saturated carbocycles. The Hall–Kier alpha value is -0.940. The third-order valence-corrected chi connectivity index (χ3v) is 7.49. The van der Waals surface area contributed by atoms with Crippen molar-refractivity contribution in [1.82, 2.24) is 0 Å². The highest BCUT2D eigenvalue weighted by Gasteiger charge is 2.63. The van der Waals surface area contributed by atoms with Crippen LogP contribution in [0.15, 0.2) is 0 Å². The molecule has 0 unspecified atom stereocenters. The second-order valence-electron chi connectivity index (χ2n) is 9.40. The second-order valence-corrected chi connectivity index (χ2v) is 9.40. The second kappa shape index (κ2) is 6.59. The Morgan fingerprint density at radius 3 is 2.73 bits per heavy atom. The number of hydrogen-bond donors (Lipinski definition) is 0. The van der Waals surface area contributed by atoms with Gasteiger partial charge in [0.1, 0.15) is 11.9 Å². The SMILES string of the molecule is CC(=O)O[C@H]1[C@H]2[C@@H]3[C@@H](C[C@H]1C)[C@@H](C)CO[C@@]1(C)CCCC(=O)C[C@@H]2O[C@@H]31. The van der Waals surface area contributed by atoms with Gasteiger partial charge in [0, 0.05) is 25.7 Å². The predicted octanol–water partition coefficient (Wildman–Crippen LogP) is 3.14. The molecular formula is C21H32O5. The summed E-state index contributed by atoms with van der Waals surface area (Å²) in [5, 5.41) is 0. The fraction of sp³-hybridized carbons (Fsp3) is 0.905. The number of Topliss-reactive ketones (excluding diaryl/α,β-unsaturated/α-hetero) is 1. The van der Waals surface area contributed by atoms with Gasteiger partial charge < -0.3 is 14.2 Å². The maximum Gasteiger partial charge on any atom is 0.302 e. The summed E-state index contributed by atoms with van der Waals surface area (Å²) >= 11 is 0. The summed E-state index contributed by atoms with van der Waals surface area (Å²) in [6, 6.07) is 0. The minimum atomic E-state index is -0.355. The highest BCUT2D eigenvalue weighted by molar-refractivity contribution is 5.79. The van der Waals surface area contributed by atoms with Gasteiger partial charge in [0.2, 0.25) is 0 Å². The van der Waals surface area contributed by atoms with Crippen molar-refractivity contribution >= 4 is 11.8 Å².